The van der Waals surface area contributed by atoms with Gasteiger partial charge in [-0.2, -0.15) is 0 Å². The molecule has 0 saturated carbocycles. The number of thiocarbonyl (C=S) groups is 1. The second-order valence-electron chi connectivity index (χ2n) is 4.41. The molecule has 0 aromatic heterocycles. The van der Waals surface area contributed by atoms with Crippen LogP contribution in [0.3, 0.4) is 0 Å². The zero-order chi connectivity index (χ0) is 15.4. The predicted molar refractivity (Wildman–Crippen MR) is 88.8 cm³/mol. The quantitative estimate of drug-likeness (QED) is 0.815. The van der Waals surface area contributed by atoms with Crippen molar-refractivity contribution in [2.75, 3.05) is 5.32 Å². The Kier molecular flexibility index (Phi) is 5.03. The summed E-state index contributed by atoms with van der Waals surface area (Å²) >= 11 is 8.11. The van der Waals surface area contributed by atoms with E-state index in [1.54, 1.807) is 0 Å². The molecule has 0 unspecified atom stereocenters. The Morgan fingerprint density at radius 1 is 1.29 bits per heavy atom. The molecule has 3 N–H and O–H groups in total. The first-order chi connectivity index (χ1) is 9.95. The van der Waals surface area contributed by atoms with Crippen molar-refractivity contribution in [3.05, 3.63) is 63.9 Å². The fraction of sp³-hybridized carbons (Fsp3) is 0.0667. The van der Waals surface area contributed by atoms with E-state index in [0.29, 0.717) is 5.69 Å². The monoisotopic (exact) mass is 366 g/mol. The van der Waals surface area contributed by atoms with Crippen LogP contribution in [0.15, 0.2) is 46.9 Å². The summed E-state index contributed by atoms with van der Waals surface area (Å²) in [5, 5.41) is 2.70. The lowest BCUT2D eigenvalue weighted by Gasteiger charge is -2.08. The summed E-state index contributed by atoms with van der Waals surface area (Å²) in [6, 6.07) is 11.6. The van der Waals surface area contributed by atoms with E-state index in [1.807, 2.05) is 24.3 Å². The van der Waals surface area contributed by atoms with Gasteiger partial charge in [-0.25, -0.2) is 4.39 Å². The molecule has 0 atom stereocenters. The van der Waals surface area contributed by atoms with Crippen LogP contribution in [-0.2, 0) is 11.2 Å². The van der Waals surface area contributed by atoms with Crippen molar-refractivity contribution < 1.29 is 9.18 Å². The average molecular weight is 367 g/mol. The van der Waals surface area contributed by atoms with E-state index in [4.69, 9.17) is 18.0 Å². The molecule has 0 spiro atoms. The first-order valence-electron chi connectivity index (χ1n) is 6.09. The molecule has 0 saturated heterocycles. The van der Waals surface area contributed by atoms with Gasteiger partial charge in [-0.3, -0.25) is 4.79 Å². The van der Waals surface area contributed by atoms with Crippen LogP contribution >= 0.6 is 28.1 Å². The van der Waals surface area contributed by atoms with E-state index < -0.39 is 5.82 Å². The number of anilines is 1. The van der Waals surface area contributed by atoms with Gasteiger partial charge in [0.2, 0.25) is 5.91 Å². The molecule has 0 heterocycles. The third kappa shape index (κ3) is 4.34. The molecule has 2 aromatic rings. The number of carbonyl (C=O) groups is 1. The van der Waals surface area contributed by atoms with E-state index in [0.717, 1.165) is 10.0 Å². The van der Waals surface area contributed by atoms with Crippen LogP contribution in [0.5, 0.6) is 0 Å². The third-order valence-corrected chi connectivity index (χ3v) is 3.48. The molecular formula is C15H12BrFN2OS. The first kappa shape index (κ1) is 15.6. The maximum Gasteiger partial charge on any atom is 0.228 e. The largest absolute Gasteiger partial charge is 0.389 e. The second kappa shape index (κ2) is 6.78. The molecular weight excluding hydrogens is 355 g/mol. The molecule has 6 heteroatoms. The molecule has 2 aromatic carbocycles. The van der Waals surface area contributed by atoms with Crippen molar-refractivity contribution >= 4 is 44.7 Å². The lowest BCUT2D eigenvalue weighted by atomic mass is 10.1. The van der Waals surface area contributed by atoms with Crippen LogP contribution in [0, 0.1) is 5.82 Å². The van der Waals surface area contributed by atoms with Gasteiger partial charge in [0.1, 0.15) is 10.8 Å². The van der Waals surface area contributed by atoms with Crippen LogP contribution < -0.4 is 11.1 Å². The van der Waals surface area contributed by atoms with Gasteiger partial charge in [-0.15, -0.1) is 0 Å². The van der Waals surface area contributed by atoms with Gasteiger partial charge in [0, 0.05) is 15.7 Å². The van der Waals surface area contributed by atoms with Gasteiger partial charge in [-0.05, 0) is 35.9 Å². The van der Waals surface area contributed by atoms with Gasteiger partial charge in [-0.1, -0.05) is 40.3 Å². The number of amides is 1. The maximum absolute atomic E-state index is 13.5. The summed E-state index contributed by atoms with van der Waals surface area (Å²) in [5.74, 6) is -0.707. The van der Waals surface area contributed by atoms with Crippen LogP contribution in [0.4, 0.5) is 10.1 Å². The topological polar surface area (TPSA) is 55.1 Å². The number of hydrogen-bond donors (Lipinski definition) is 2. The fourth-order valence-electron chi connectivity index (χ4n) is 1.83. The Hall–Kier alpha value is -1.79. The van der Waals surface area contributed by atoms with Crippen molar-refractivity contribution in [3.8, 4) is 0 Å². The van der Waals surface area contributed by atoms with Crippen LogP contribution in [-0.4, -0.2) is 10.9 Å². The van der Waals surface area contributed by atoms with Gasteiger partial charge in [0.25, 0.3) is 0 Å². The summed E-state index contributed by atoms with van der Waals surface area (Å²) in [6.07, 6.45) is 0.221. The molecule has 3 nitrogen and oxygen atoms in total. The lowest BCUT2D eigenvalue weighted by Crippen LogP contribution is -2.16. The number of hydrogen-bond acceptors (Lipinski definition) is 2. The lowest BCUT2D eigenvalue weighted by molar-refractivity contribution is -0.115. The predicted octanol–water partition coefficient (Wildman–Crippen LogP) is 3.40. The van der Waals surface area contributed by atoms with Gasteiger partial charge >= 0.3 is 0 Å². The summed E-state index contributed by atoms with van der Waals surface area (Å²) < 4.78 is 14.4. The third-order valence-electron chi connectivity index (χ3n) is 2.77. The second-order valence-corrected chi connectivity index (χ2v) is 5.77. The Labute approximate surface area is 135 Å². The molecule has 2 rings (SSSR count). The van der Waals surface area contributed by atoms with Gasteiger partial charge in [0.15, 0.2) is 0 Å². The van der Waals surface area contributed by atoms with Crippen molar-refractivity contribution in [2.24, 2.45) is 5.73 Å². The van der Waals surface area contributed by atoms with E-state index in [9.17, 15) is 9.18 Å². The molecule has 0 aliphatic heterocycles. The highest BCUT2D eigenvalue weighted by Gasteiger charge is 2.09. The normalized spacial score (nSPS) is 10.2. The molecule has 0 aliphatic rings. The Balaban J connectivity index is 2.09. The van der Waals surface area contributed by atoms with Crippen molar-refractivity contribution in [1.29, 1.82) is 0 Å². The minimum atomic E-state index is -0.507. The van der Waals surface area contributed by atoms with Crippen LogP contribution in [0.1, 0.15) is 11.1 Å². The Morgan fingerprint density at radius 3 is 2.71 bits per heavy atom. The number of benzene rings is 2. The minimum absolute atomic E-state index is 0.0458. The van der Waals surface area contributed by atoms with Gasteiger partial charge < -0.3 is 11.1 Å². The Morgan fingerprint density at radius 2 is 2.05 bits per heavy atom. The first-order valence-corrected chi connectivity index (χ1v) is 7.29. The Bertz CT molecular complexity index is 706. The fourth-order valence-corrected chi connectivity index (χ4v) is 2.43. The van der Waals surface area contributed by atoms with E-state index >= 15 is 0 Å². The number of nitrogens with one attached hydrogen (secondary N) is 1. The molecule has 0 bridgehead atoms. The van der Waals surface area contributed by atoms with E-state index in [2.05, 4.69) is 21.2 Å². The molecule has 21 heavy (non-hydrogen) atoms. The van der Waals surface area contributed by atoms with Crippen molar-refractivity contribution in [2.45, 2.75) is 6.42 Å². The SMILES string of the molecule is NC(=S)c1cc(NC(=O)Cc2cccc(Br)c2)ccc1F. The van der Waals surface area contributed by atoms with E-state index in [1.165, 1.54) is 18.2 Å². The number of nitrogens with two attached hydrogens (primary N) is 1. The van der Waals surface area contributed by atoms with Crippen molar-refractivity contribution in [1.82, 2.24) is 0 Å². The molecule has 1 amide bonds. The highest BCUT2D eigenvalue weighted by molar-refractivity contribution is 9.10. The summed E-state index contributed by atoms with van der Waals surface area (Å²) in [4.78, 5) is 11.9. The highest BCUT2D eigenvalue weighted by Crippen LogP contribution is 2.16. The summed E-state index contributed by atoms with van der Waals surface area (Å²) in [6.45, 7) is 0. The number of carbonyl (C=O) groups excluding carboxylic acids is 1. The van der Waals surface area contributed by atoms with Crippen LogP contribution in [0.25, 0.3) is 0 Å². The maximum atomic E-state index is 13.5. The van der Waals surface area contributed by atoms with Crippen LogP contribution in [0.2, 0.25) is 0 Å². The summed E-state index contributed by atoms with van der Waals surface area (Å²) in [7, 11) is 0. The zero-order valence-electron chi connectivity index (χ0n) is 10.9. The summed E-state index contributed by atoms with van der Waals surface area (Å²) in [5.41, 5.74) is 6.88. The molecule has 0 aliphatic carbocycles. The number of halogens is 2. The smallest absolute Gasteiger partial charge is 0.228 e. The number of rotatable bonds is 4. The minimum Gasteiger partial charge on any atom is -0.389 e. The zero-order valence-corrected chi connectivity index (χ0v) is 13.3. The van der Waals surface area contributed by atoms with E-state index in [-0.39, 0.29) is 22.9 Å². The van der Waals surface area contributed by atoms with Gasteiger partial charge in [0.05, 0.1) is 6.42 Å². The molecule has 0 fully saturated rings. The molecule has 0 radical (unpaired) electrons. The molecule has 108 valence electrons. The standard InChI is InChI=1S/C15H12BrFN2OS/c16-10-3-1-2-9(6-10)7-14(20)19-11-4-5-13(17)12(8-11)15(18)21/h1-6,8H,7H2,(H2,18,21)(H,19,20). The highest BCUT2D eigenvalue weighted by atomic mass is 79.9. The average Bonchev–Trinajstić information content (AvgIpc) is 2.40. The van der Waals surface area contributed by atoms with Crippen molar-refractivity contribution in [3.63, 3.8) is 0 Å².